The molecule has 6 nitrogen and oxygen atoms in total. The van der Waals surface area contributed by atoms with Crippen LogP contribution < -0.4 is 11.1 Å². The lowest BCUT2D eigenvalue weighted by atomic mass is 9.81. The predicted molar refractivity (Wildman–Crippen MR) is 73.7 cm³/mol. The molecule has 1 aliphatic rings. The normalized spacial score (nSPS) is 22.2. The van der Waals surface area contributed by atoms with Gasteiger partial charge in [0.1, 0.15) is 5.54 Å². The highest BCUT2D eigenvalue weighted by molar-refractivity contribution is 6.40. The summed E-state index contributed by atoms with van der Waals surface area (Å²) in [5.74, 6) is -0.963. The zero-order chi connectivity index (χ0) is 14.3. The second-order valence-corrected chi connectivity index (χ2v) is 5.52. The third-order valence-corrected chi connectivity index (χ3v) is 3.86. The molecule has 1 heterocycles. The molecule has 0 bridgehead atoms. The van der Waals surface area contributed by atoms with E-state index in [0.29, 0.717) is 31.7 Å². The highest BCUT2D eigenvalue weighted by Gasteiger charge is 2.34. The van der Waals surface area contributed by atoms with Crippen LogP contribution in [0.1, 0.15) is 44.9 Å². The van der Waals surface area contributed by atoms with Crippen LogP contribution in [0.25, 0.3) is 0 Å². The Morgan fingerprint density at radius 3 is 2.63 bits per heavy atom. The van der Waals surface area contributed by atoms with Crippen molar-refractivity contribution < 1.29 is 19.9 Å². The highest BCUT2D eigenvalue weighted by atomic mass is 16.4. The van der Waals surface area contributed by atoms with Crippen LogP contribution in [-0.2, 0) is 4.79 Å². The zero-order valence-electron chi connectivity index (χ0n) is 11.3. The minimum atomic E-state index is -1.32. The Balaban J connectivity index is 2.32. The number of nitrogens with one attached hydrogen (secondary N) is 1. The van der Waals surface area contributed by atoms with Gasteiger partial charge < -0.3 is 26.2 Å². The highest BCUT2D eigenvalue weighted by Crippen LogP contribution is 2.22. The monoisotopic (exact) mass is 272 g/mol. The van der Waals surface area contributed by atoms with Gasteiger partial charge in [-0.3, -0.25) is 4.79 Å². The van der Waals surface area contributed by atoms with Crippen molar-refractivity contribution >= 4 is 13.1 Å². The first-order chi connectivity index (χ1) is 8.94. The number of hydrogen-bond acceptors (Lipinski definition) is 5. The van der Waals surface area contributed by atoms with Gasteiger partial charge in [0.2, 0.25) is 0 Å². The molecule has 1 unspecified atom stereocenters. The smallest absolute Gasteiger partial charge is 0.451 e. The average Bonchev–Trinajstić information content (AvgIpc) is 2.85. The van der Waals surface area contributed by atoms with Crippen LogP contribution in [0, 0.1) is 0 Å². The molecule has 0 saturated carbocycles. The van der Waals surface area contributed by atoms with E-state index < -0.39 is 18.6 Å². The first-order valence-electron chi connectivity index (χ1n) is 7.06. The molecule has 0 aliphatic carbocycles. The number of carbonyl (C=O) groups is 1. The number of carboxylic acid groups (broad SMARTS) is 1. The molecule has 1 saturated heterocycles. The Kier molecular flexibility index (Phi) is 6.78. The van der Waals surface area contributed by atoms with Gasteiger partial charge in [-0.2, -0.15) is 0 Å². The Bertz CT molecular complexity index is 285. The average molecular weight is 272 g/mol. The van der Waals surface area contributed by atoms with Gasteiger partial charge in [-0.25, -0.2) is 0 Å². The van der Waals surface area contributed by atoms with E-state index in [1.54, 1.807) is 0 Å². The van der Waals surface area contributed by atoms with Gasteiger partial charge in [0.05, 0.1) is 0 Å². The molecule has 2 atom stereocenters. The van der Waals surface area contributed by atoms with Crippen molar-refractivity contribution in [3.05, 3.63) is 0 Å². The summed E-state index contributed by atoms with van der Waals surface area (Å²) in [4.78, 5) is 11.3. The van der Waals surface area contributed by atoms with E-state index in [-0.39, 0.29) is 6.32 Å². The summed E-state index contributed by atoms with van der Waals surface area (Å²) in [6, 6.07) is 0.390. The number of nitrogens with two attached hydrogens (primary N) is 1. The Morgan fingerprint density at radius 2 is 2.11 bits per heavy atom. The van der Waals surface area contributed by atoms with Gasteiger partial charge in [0.15, 0.2) is 0 Å². The number of aliphatic carboxylic acids is 1. The van der Waals surface area contributed by atoms with E-state index in [0.717, 1.165) is 25.8 Å². The third kappa shape index (κ3) is 5.90. The number of carboxylic acids is 1. The molecule has 0 radical (unpaired) electrons. The Morgan fingerprint density at radius 1 is 1.37 bits per heavy atom. The van der Waals surface area contributed by atoms with Crippen LogP contribution in [0.5, 0.6) is 0 Å². The molecule has 0 spiro atoms. The summed E-state index contributed by atoms with van der Waals surface area (Å²) in [7, 11) is -1.32. The lowest BCUT2D eigenvalue weighted by Gasteiger charge is -2.26. The van der Waals surface area contributed by atoms with Gasteiger partial charge in [0.25, 0.3) is 0 Å². The van der Waals surface area contributed by atoms with E-state index in [4.69, 9.17) is 15.8 Å². The van der Waals surface area contributed by atoms with E-state index in [1.807, 2.05) is 0 Å². The third-order valence-electron chi connectivity index (χ3n) is 3.86. The summed E-state index contributed by atoms with van der Waals surface area (Å²) in [5.41, 5.74) is 4.79. The van der Waals surface area contributed by atoms with Crippen LogP contribution in [0.2, 0.25) is 6.32 Å². The summed E-state index contributed by atoms with van der Waals surface area (Å²) in [6.07, 6.45) is 5.29. The van der Waals surface area contributed by atoms with Gasteiger partial charge in [-0.05, 0) is 45.0 Å². The maximum Gasteiger partial charge on any atom is 0.451 e. The Labute approximate surface area is 114 Å². The molecule has 0 aromatic heterocycles. The van der Waals surface area contributed by atoms with E-state index in [9.17, 15) is 9.90 Å². The van der Waals surface area contributed by atoms with Crippen molar-refractivity contribution in [1.82, 2.24) is 5.32 Å². The molecule has 1 aliphatic heterocycles. The van der Waals surface area contributed by atoms with Crippen LogP contribution in [-0.4, -0.2) is 46.4 Å². The van der Waals surface area contributed by atoms with Crippen molar-refractivity contribution in [2.45, 2.75) is 62.8 Å². The molecule has 6 N–H and O–H groups in total. The molecule has 0 aromatic carbocycles. The summed E-state index contributed by atoms with van der Waals surface area (Å²) in [6.45, 7) is 1.00. The van der Waals surface area contributed by atoms with E-state index in [1.165, 1.54) is 0 Å². The molecular weight excluding hydrogens is 247 g/mol. The Hall–Kier alpha value is -0.625. The van der Waals surface area contributed by atoms with Crippen LogP contribution in [0.3, 0.4) is 0 Å². The molecule has 7 heteroatoms. The van der Waals surface area contributed by atoms with Crippen molar-refractivity contribution in [3.63, 3.8) is 0 Å². The van der Waals surface area contributed by atoms with Gasteiger partial charge >= 0.3 is 13.1 Å². The van der Waals surface area contributed by atoms with E-state index in [2.05, 4.69) is 5.32 Å². The van der Waals surface area contributed by atoms with E-state index >= 15 is 0 Å². The van der Waals surface area contributed by atoms with Crippen molar-refractivity contribution in [2.75, 3.05) is 6.54 Å². The number of unbranched alkanes of at least 4 members (excludes halogenated alkanes) is 1. The van der Waals surface area contributed by atoms with Crippen LogP contribution in [0.15, 0.2) is 0 Å². The minimum absolute atomic E-state index is 0.264. The molecular formula is C12H25BN2O4. The molecule has 1 fully saturated rings. The second-order valence-electron chi connectivity index (χ2n) is 5.52. The second kappa shape index (κ2) is 7.84. The lowest BCUT2D eigenvalue weighted by molar-refractivity contribution is -0.144. The fraction of sp³-hybridized carbons (Fsp3) is 0.917. The van der Waals surface area contributed by atoms with Gasteiger partial charge in [0, 0.05) is 6.04 Å². The standard InChI is InChI=1S/C12H25BN2O4/c14-12(11(16)17,6-1-2-8-13(18)19)7-5-10-4-3-9-15-10/h10,15,18-19H,1-9,14H2,(H,16,17)/t10-,12?/m1/s1. The van der Waals surface area contributed by atoms with Gasteiger partial charge in [-0.1, -0.05) is 12.8 Å². The molecule has 0 aromatic rings. The maximum atomic E-state index is 11.3. The molecule has 110 valence electrons. The van der Waals surface area contributed by atoms with Gasteiger partial charge in [-0.15, -0.1) is 0 Å². The minimum Gasteiger partial charge on any atom is -0.480 e. The quantitative estimate of drug-likeness (QED) is 0.297. The maximum absolute atomic E-state index is 11.3. The SMILES string of the molecule is NC(CCCCB(O)O)(CC[C@H]1CCCN1)C(=O)O. The molecule has 1 rings (SSSR count). The lowest BCUT2D eigenvalue weighted by Crippen LogP contribution is -2.48. The van der Waals surface area contributed by atoms with Crippen molar-refractivity contribution in [2.24, 2.45) is 5.73 Å². The number of rotatable bonds is 9. The first-order valence-corrected chi connectivity index (χ1v) is 7.06. The summed E-state index contributed by atoms with van der Waals surface area (Å²) in [5, 5.41) is 30.1. The van der Waals surface area contributed by atoms with Crippen molar-refractivity contribution in [1.29, 1.82) is 0 Å². The largest absolute Gasteiger partial charge is 0.480 e. The predicted octanol–water partition coefficient (Wildman–Crippen LogP) is -0.0562. The summed E-state index contributed by atoms with van der Waals surface area (Å²) >= 11 is 0. The number of hydrogen-bond donors (Lipinski definition) is 5. The zero-order valence-corrected chi connectivity index (χ0v) is 11.3. The fourth-order valence-corrected chi connectivity index (χ4v) is 2.54. The van der Waals surface area contributed by atoms with Crippen molar-refractivity contribution in [3.8, 4) is 0 Å². The summed E-state index contributed by atoms with van der Waals surface area (Å²) < 4.78 is 0. The van der Waals surface area contributed by atoms with Crippen LogP contribution >= 0.6 is 0 Å². The first kappa shape index (κ1) is 16.4. The fourth-order valence-electron chi connectivity index (χ4n) is 2.54. The molecule has 0 amide bonds. The van der Waals surface area contributed by atoms with Crippen LogP contribution in [0.4, 0.5) is 0 Å². The molecule has 19 heavy (non-hydrogen) atoms. The topological polar surface area (TPSA) is 116 Å².